The summed E-state index contributed by atoms with van der Waals surface area (Å²) in [5, 5.41) is 22.1. The summed E-state index contributed by atoms with van der Waals surface area (Å²) >= 11 is 0. The molecule has 4 aliphatic heterocycles. The van der Waals surface area contributed by atoms with Crippen molar-refractivity contribution in [3.05, 3.63) is 107 Å². The van der Waals surface area contributed by atoms with Gasteiger partial charge in [0.15, 0.2) is 0 Å². The number of rotatable bonds is 9. The number of aryl methyl sites for hydroxylation is 1. The lowest BCUT2D eigenvalue weighted by Gasteiger charge is -2.39. The van der Waals surface area contributed by atoms with Crippen LogP contribution in [0.2, 0.25) is 0 Å². The van der Waals surface area contributed by atoms with Crippen molar-refractivity contribution in [2.24, 2.45) is 5.92 Å². The van der Waals surface area contributed by atoms with E-state index in [-0.39, 0.29) is 67.1 Å². The van der Waals surface area contributed by atoms with Crippen LogP contribution in [0.4, 0.5) is 17.1 Å². The van der Waals surface area contributed by atoms with E-state index in [1.807, 2.05) is 43.3 Å². The minimum atomic E-state index is -3.82. The maximum atomic E-state index is 14.0. The van der Waals surface area contributed by atoms with E-state index in [1.165, 1.54) is 4.90 Å². The molecule has 0 saturated carbocycles. The van der Waals surface area contributed by atoms with Crippen molar-refractivity contribution in [3.63, 3.8) is 0 Å². The van der Waals surface area contributed by atoms with Crippen LogP contribution < -0.4 is 21.3 Å². The summed E-state index contributed by atoms with van der Waals surface area (Å²) in [6.07, 6.45) is 1.03. The monoisotopic (exact) mass is 748 g/mol. The summed E-state index contributed by atoms with van der Waals surface area (Å²) in [6.45, 7) is 2.22. The molecule has 4 amide bonds. The molecular weight excluding hydrogens is 709 g/mol. The molecule has 4 aromatic carbocycles. The van der Waals surface area contributed by atoms with Crippen LogP contribution >= 0.6 is 0 Å². The largest absolute Gasteiger partial charge is 0.394 e. The van der Waals surface area contributed by atoms with Crippen molar-refractivity contribution in [2.75, 3.05) is 35.6 Å². The van der Waals surface area contributed by atoms with Crippen molar-refractivity contribution in [3.8, 4) is 11.1 Å². The predicted molar refractivity (Wildman–Crippen MR) is 202 cm³/mol. The molecule has 4 heterocycles. The average Bonchev–Trinajstić information content (AvgIpc) is 3.77. The predicted octanol–water partition coefficient (Wildman–Crippen LogP) is 4.01. The molecule has 4 atom stereocenters. The number of imide groups is 1. The highest BCUT2D eigenvalue weighted by Crippen LogP contribution is 2.49. The summed E-state index contributed by atoms with van der Waals surface area (Å²) in [4.78, 5) is 52.2. The molecule has 278 valence electrons. The zero-order chi connectivity index (χ0) is 37.7. The number of aliphatic hydroxyl groups is 1. The third kappa shape index (κ3) is 6.39. The van der Waals surface area contributed by atoms with Gasteiger partial charge in [-0.15, -0.1) is 0 Å². The number of aliphatic hydroxyl groups excluding tert-OH is 1. The molecule has 2 fully saturated rings. The number of amides is 4. The molecule has 0 spiro atoms. The molecule has 2 saturated heterocycles. The Bertz CT molecular complexity index is 2300. The number of carbonyl (C=O) groups is 4. The SMILES string of the molecule is Cc1ccc(S(=O)(=O)N2CC[C@@H]3[C@H](CO)Nc4ccc(-c5cccc(NC(=O)CNc6cccc7c6CN(C6CCC(=O)NC6=O)C7=O)c5)cc4[C@@H]32)cc1. The van der Waals surface area contributed by atoms with Gasteiger partial charge in [0, 0.05) is 53.6 Å². The fourth-order valence-corrected chi connectivity index (χ4v) is 9.89. The highest BCUT2D eigenvalue weighted by molar-refractivity contribution is 7.89. The first-order valence-corrected chi connectivity index (χ1v) is 19.5. The molecule has 8 rings (SSSR count). The Morgan fingerprint density at radius 2 is 1.72 bits per heavy atom. The third-order valence-corrected chi connectivity index (χ3v) is 12.8. The summed E-state index contributed by atoms with van der Waals surface area (Å²) in [5.74, 6) is -1.56. The Morgan fingerprint density at radius 1 is 0.944 bits per heavy atom. The summed E-state index contributed by atoms with van der Waals surface area (Å²) in [7, 11) is -3.82. The third-order valence-electron chi connectivity index (χ3n) is 11.0. The van der Waals surface area contributed by atoms with Gasteiger partial charge in [0.25, 0.3) is 5.91 Å². The summed E-state index contributed by atoms with van der Waals surface area (Å²) < 4.78 is 29.5. The van der Waals surface area contributed by atoms with Gasteiger partial charge in [-0.3, -0.25) is 24.5 Å². The number of benzene rings is 4. The molecule has 0 bridgehead atoms. The highest BCUT2D eigenvalue weighted by Gasteiger charge is 2.48. The molecule has 0 aliphatic carbocycles. The summed E-state index contributed by atoms with van der Waals surface area (Å²) in [5.41, 5.74) is 6.54. The zero-order valence-corrected chi connectivity index (χ0v) is 30.4. The van der Waals surface area contributed by atoms with Gasteiger partial charge < -0.3 is 26.0 Å². The lowest BCUT2D eigenvalue weighted by Crippen LogP contribution is -2.52. The van der Waals surface area contributed by atoms with Gasteiger partial charge in [0.05, 0.1) is 30.1 Å². The Kier molecular flexibility index (Phi) is 9.20. The van der Waals surface area contributed by atoms with E-state index in [1.54, 1.807) is 52.8 Å². The van der Waals surface area contributed by atoms with Crippen LogP contribution in [-0.4, -0.2) is 78.1 Å². The van der Waals surface area contributed by atoms with Crippen molar-refractivity contribution in [1.82, 2.24) is 14.5 Å². The molecule has 4 aliphatic rings. The van der Waals surface area contributed by atoms with Gasteiger partial charge >= 0.3 is 0 Å². The number of carbonyl (C=O) groups excluding carboxylic acids is 4. The lowest BCUT2D eigenvalue weighted by molar-refractivity contribution is -0.137. The Morgan fingerprint density at radius 3 is 2.50 bits per heavy atom. The van der Waals surface area contributed by atoms with Gasteiger partial charge in [0.1, 0.15) is 6.04 Å². The van der Waals surface area contributed by atoms with Crippen LogP contribution in [0.25, 0.3) is 11.1 Å². The van der Waals surface area contributed by atoms with Crippen LogP contribution in [0.3, 0.4) is 0 Å². The lowest BCUT2D eigenvalue weighted by atomic mass is 9.82. The molecule has 4 aromatic rings. The standard InChI is InChI=1S/C40H40N6O7S/c1-23-8-11-27(12-9-23)54(52,53)46-17-16-29-34(22-47)43-33-13-10-25(19-30(33)38(29)46)24-4-2-5-26(18-24)42-37(49)20-41-32-7-3-6-28-31(32)21-45(40(28)51)35-14-15-36(48)44-39(35)50/h2-13,18-19,29,34-35,38,41,43,47H,14-17,20-22H2,1H3,(H,42,49)(H,44,48,50)/t29-,34+,35?,38-/m1/s1. The van der Waals surface area contributed by atoms with E-state index >= 15 is 0 Å². The van der Waals surface area contributed by atoms with Gasteiger partial charge in [-0.2, -0.15) is 4.31 Å². The topological polar surface area (TPSA) is 177 Å². The van der Waals surface area contributed by atoms with Crippen molar-refractivity contribution < 1.29 is 32.7 Å². The molecule has 5 N–H and O–H groups in total. The molecular formula is C40H40N6O7S. The van der Waals surface area contributed by atoms with Gasteiger partial charge in [-0.25, -0.2) is 8.42 Å². The first-order valence-electron chi connectivity index (χ1n) is 18.0. The molecule has 1 unspecified atom stereocenters. The first kappa shape index (κ1) is 35.5. The molecule has 14 heteroatoms. The van der Waals surface area contributed by atoms with E-state index < -0.39 is 28.0 Å². The van der Waals surface area contributed by atoms with E-state index in [0.717, 1.165) is 27.9 Å². The van der Waals surface area contributed by atoms with Crippen molar-refractivity contribution >= 4 is 50.7 Å². The second kappa shape index (κ2) is 14.0. The van der Waals surface area contributed by atoms with Gasteiger partial charge in [0.2, 0.25) is 27.7 Å². The Labute approximate surface area is 312 Å². The fourth-order valence-electron chi connectivity index (χ4n) is 8.22. The second-order valence-electron chi connectivity index (χ2n) is 14.3. The average molecular weight is 749 g/mol. The number of sulfonamides is 1. The number of hydrogen-bond acceptors (Lipinski definition) is 9. The first-order chi connectivity index (χ1) is 26.0. The quantitative estimate of drug-likeness (QED) is 0.158. The molecule has 13 nitrogen and oxygen atoms in total. The van der Waals surface area contributed by atoms with E-state index in [9.17, 15) is 32.7 Å². The Balaban J connectivity index is 0.983. The molecule has 0 radical (unpaired) electrons. The normalized spacial score (nSPS) is 22.2. The van der Waals surface area contributed by atoms with Crippen LogP contribution in [-0.2, 0) is 31.0 Å². The number of hydrogen-bond donors (Lipinski definition) is 5. The van der Waals surface area contributed by atoms with E-state index in [0.29, 0.717) is 35.5 Å². The van der Waals surface area contributed by atoms with Crippen molar-refractivity contribution in [2.45, 2.75) is 55.8 Å². The molecule has 54 heavy (non-hydrogen) atoms. The molecule has 0 aromatic heterocycles. The second-order valence-corrected chi connectivity index (χ2v) is 16.2. The zero-order valence-electron chi connectivity index (χ0n) is 29.5. The maximum Gasteiger partial charge on any atom is 0.255 e. The van der Waals surface area contributed by atoms with Gasteiger partial charge in [-0.05, 0) is 85.0 Å². The van der Waals surface area contributed by atoms with E-state index in [2.05, 4.69) is 21.3 Å². The van der Waals surface area contributed by atoms with Crippen LogP contribution in [0.5, 0.6) is 0 Å². The number of nitrogens with zero attached hydrogens (tertiary/aromatic N) is 2. The number of fused-ring (bicyclic) bond motifs is 4. The fraction of sp³-hybridized carbons (Fsp3) is 0.300. The van der Waals surface area contributed by atoms with Crippen molar-refractivity contribution in [1.29, 1.82) is 0 Å². The van der Waals surface area contributed by atoms with E-state index in [4.69, 9.17) is 0 Å². The van der Waals surface area contributed by atoms with Crippen LogP contribution in [0.15, 0.2) is 89.8 Å². The maximum absolute atomic E-state index is 14.0. The highest BCUT2D eigenvalue weighted by atomic mass is 32.2. The number of piperidine rings is 1. The minimum Gasteiger partial charge on any atom is -0.394 e. The summed E-state index contributed by atoms with van der Waals surface area (Å²) in [6, 6.07) is 23.8. The number of nitrogens with one attached hydrogen (secondary N) is 4. The van der Waals surface area contributed by atoms with Crippen LogP contribution in [0, 0.1) is 12.8 Å². The number of anilines is 3. The Hall–Kier alpha value is -5.57. The minimum absolute atomic E-state index is 0.0851. The van der Waals surface area contributed by atoms with Crippen LogP contribution in [0.1, 0.15) is 52.4 Å². The smallest absolute Gasteiger partial charge is 0.255 e. The van der Waals surface area contributed by atoms with Gasteiger partial charge in [-0.1, -0.05) is 42.0 Å².